The van der Waals surface area contributed by atoms with Crippen molar-refractivity contribution in [2.45, 2.75) is 31.1 Å². The molecule has 0 saturated heterocycles. The fourth-order valence-electron chi connectivity index (χ4n) is 2.76. The van der Waals surface area contributed by atoms with Crippen LogP contribution in [0.4, 0.5) is 0 Å². The summed E-state index contributed by atoms with van der Waals surface area (Å²) >= 11 is 0. The average Bonchev–Trinajstić information content (AvgIpc) is 3.42. The molecule has 0 unspecified atom stereocenters. The molecular formula is C19H32IN3O2. The van der Waals surface area contributed by atoms with Crippen LogP contribution in [0.1, 0.15) is 31.2 Å². The molecule has 0 amide bonds. The van der Waals surface area contributed by atoms with Gasteiger partial charge in [0.15, 0.2) is 5.96 Å². The summed E-state index contributed by atoms with van der Waals surface area (Å²) in [6.07, 6.45) is 4.61. The maximum atomic E-state index is 5.46. The van der Waals surface area contributed by atoms with Gasteiger partial charge in [0, 0.05) is 39.3 Å². The molecule has 0 spiro atoms. The minimum atomic E-state index is 0. The molecule has 1 fully saturated rings. The van der Waals surface area contributed by atoms with Crippen LogP contribution in [0.3, 0.4) is 0 Å². The summed E-state index contributed by atoms with van der Waals surface area (Å²) in [5.41, 5.74) is 1.73. The highest BCUT2D eigenvalue weighted by Gasteiger charge is 2.43. The number of methoxy groups -OCH3 is 1. The SMILES string of the molecule is CN=C(NCCCCOCCOC)NCC1(c2ccccc2)CC1.I. The molecule has 1 aromatic carbocycles. The van der Waals surface area contributed by atoms with Gasteiger partial charge >= 0.3 is 0 Å². The first-order valence-electron chi connectivity index (χ1n) is 8.87. The lowest BCUT2D eigenvalue weighted by Gasteiger charge is -2.19. The van der Waals surface area contributed by atoms with Gasteiger partial charge in [0.25, 0.3) is 0 Å². The summed E-state index contributed by atoms with van der Waals surface area (Å²) in [6.45, 7) is 3.98. The van der Waals surface area contributed by atoms with Crippen molar-refractivity contribution >= 4 is 29.9 Å². The van der Waals surface area contributed by atoms with Gasteiger partial charge in [0.1, 0.15) is 0 Å². The summed E-state index contributed by atoms with van der Waals surface area (Å²) < 4.78 is 10.4. The first kappa shape index (κ1) is 22.2. The predicted octanol–water partition coefficient (Wildman–Crippen LogP) is 2.94. The summed E-state index contributed by atoms with van der Waals surface area (Å²) in [5.74, 6) is 0.887. The highest BCUT2D eigenvalue weighted by atomic mass is 127. The van der Waals surface area contributed by atoms with Gasteiger partial charge in [-0.05, 0) is 31.2 Å². The standard InChI is InChI=1S/C19H31N3O2.HI/c1-20-18(21-12-6-7-13-24-15-14-23-2)22-16-19(10-11-19)17-8-4-3-5-9-17;/h3-5,8-9H,6-7,10-16H2,1-2H3,(H2,20,21,22);1H. The molecule has 142 valence electrons. The predicted molar refractivity (Wildman–Crippen MR) is 114 cm³/mol. The van der Waals surface area contributed by atoms with Crippen molar-refractivity contribution in [2.75, 3.05) is 47.1 Å². The third-order valence-electron chi connectivity index (χ3n) is 4.50. The van der Waals surface area contributed by atoms with Crippen molar-refractivity contribution in [2.24, 2.45) is 4.99 Å². The van der Waals surface area contributed by atoms with Gasteiger partial charge < -0.3 is 20.1 Å². The monoisotopic (exact) mass is 461 g/mol. The Kier molecular flexibility index (Phi) is 11.1. The maximum Gasteiger partial charge on any atom is 0.191 e. The second-order valence-corrected chi connectivity index (χ2v) is 6.31. The second kappa shape index (κ2) is 12.5. The van der Waals surface area contributed by atoms with Gasteiger partial charge in [0.05, 0.1) is 13.2 Å². The number of aliphatic imine (C=N–C) groups is 1. The van der Waals surface area contributed by atoms with Gasteiger partial charge in [-0.3, -0.25) is 4.99 Å². The molecule has 1 aliphatic rings. The van der Waals surface area contributed by atoms with E-state index in [4.69, 9.17) is 9.47 Å². The lowest BCUT2D eigenvalue weighted by molar-refractivity contribution is 0.0689. The summed E-state index contributed by atoms with van der Waals surface area (Å²) in [4.78, 5) is 4.32. The normalized spacial score (nSPS) is 15.4. The molecule has 5 nitrogen and oxygen atoms in total. The van der Waals surface area contributed by atoms with E-state index in [1.165, 1.54) is 18.4 Å². The van der Waals surface area contributed by atoms with Gasteiger partial charge in [-0.2, -0.15) is 0 Å². The minimum Gasteiger partial charge on any atom is -0.382 e. The summed E-state index contributed by atoms with van der Waals surface area (Å²) in [7, 11) is 3.51. The molecule has 1 aliphatic carbocycles. The van der Waals surface area contributed by atoms with Crippen molar-refractivity contribution in [3.05, 3.63) is 35.9 Å². The number of hydrogen-bond donors (Lipinski definition) is 2. The van der Waals surface area contributed by atoms with E-state index < -0.39 is 0 Å². The minimum absolute atomic E-state index is 0. The van der Waals surface area contributed by atoms with Crippen molar-refractivity contribution in [1.29, 1.82) is 0 Å². The third-order valence-corrected chi connectivity index (χ3v) is 4.50. The Labute approximate surface area is 169 Å². The van der Waals surface area contributed by atoms with Gasteiger partial charge in [0.2, 0.25) is 0 Å². The number of nitrogens with one attached hydrogen (secondary N) is 2. The van der Waals surface area contributed by atoms with E-state index in [1.807, 2.05) is 7.05 Å². The highest BCUT2D eigenvalue weighted by Crippen LogP contribution is 2.47. The fourth-order valence-corrected chi connectivity index (χ4v) is 2.76. The van der Waals surface area contributed by atoms with E-state index in [1.54, 1.807) is 7.11 Å². The van der Waals surface area contributed by atoms with Crippen LogP contribution in [-0.4, -0.2) is 53.0 Å². The number of nitrogens with zero attached hydrogens (tertiary/aromatic N) is 1. The van der Waals surface area contributed by atoms with Crippen molar-refractivity contribution in [1.82, 2.24) is 10.6 Å². The molecule has 0 aromatic heterocycles. The Morgan fingerprint density at radius 3 is 2.48 bits per heavy atom. The van der Waals surface area contributed by atoms with E-state index in [0.29, 0.717) is 18.6 Å². The van der Waals surface area contributed by atoms with Crippen LogP contribution >= 0.6 is 24.0 Å². The molecule has 1 saturated carbocycles. The fraction of sp³-hybridized carbons (Fsp3) is 0.632. The van der Waals surface area contributed by atoms with Crippen LogP contribution in [0.25, 0.3) is 0 Å². The quantitative estimate of drug-likeness (QED) is 0.230. The average molecular weight is 461 g/mol. The first-order valence-corrected chi connectivity index (χ1v) is 8.87. The first-order chi connectivity index (χ1) is 11.8. The topological polar surface area (TPSA) is 54.9 Å². The zero-order chi connectivity index (χ0) is 17.1. The molecule has 2 N–H and O–H groups in total. The third kappa shape index (κ3) is 7.92. The molecule has 25 heavy (non-hydrogen) atoms. The van der Waals surface area contributed by atoms with E-state index in [-0.39, 0.29) is 24.0 Å². The van der Waals surface area contributed by atoms with Crippen LogP contribution in [0.5, 0.6) is 0 Å². The Morgan fingerprint density at radius 2 is 1.84 bits per heavy atom. The number of unbranched alkanes of at least 4 members (excludes halogenated alkanes) is 1. The Bertz CT molecular complexity index is 493. The number of ether oxygens (including phenoxy) is 2. The number of hydrogen-bond acceptors (Lipinski definition) is 3. The number of guanidine groups is 1. The van der Waals surface area contributed by atoms with Crippen LogP contribution in [0, 0.1) is 0 Å². The Hall–Kier alpha value is -0.860. The smallest absolute Gasteiger partial charge is 0.191 e. The van der Waals surface area contributed by atoms with E-state index >= 15 is 0 Å². The largest absolute Gasteiger partial charge is 0.382 e. The molecule has 2 rings (SSSR count). The van der Waals surface area contributed by atoms with Crippen LogP contribution < -0.4 is 10.6 Å². The summed E-state index contributed by atoms with van der Waals surface area (Å²) in [5, 5.41) is 6.86. The summed E-state index contributed by atoms with van der Waals surface area (Å²) in [6, 6.07) is 10.8. The molecular weight excluding hydrogens is 429 g/mol. The number of halogens is 1. The van der Waals surface area contributed by atoms with Gasteiger partial charge in [-0.1, -0.05) is 30.3 Å². The maximum absolute atomic E-state index is 5.46. The Morgan fingerprint density at radius 1 is 1.08 bits per heavy atom. The molecule has 0 aliphatic heterocycles. The van der Waals surface area contributed by atoms with E-state index in [0.717, 1.165) is 38.5 Å². The zero-order valence-electron chi connectivity index (χ0n) is 15.4. The number of rotatable bonds is 11. The number of benzene rings is 1. The lowest BCUT2D eigenvalue weighted by atomic mass is 9.96. The molecule has 0 atom stereocenters. The van der Waals surface area contributed by atoms with Crippen LogP contribution in [0.2, 0.25) is 0 Å². The van der Waals surface area contributed by atoms with Crippen molar-refractivity contribution < 1.29 is 9.47 Å². The molecule has 0 radical (unpaired) electrons. The van der Waals surface area contributed by atoms with Crippen molar-refractivity contribution in [3.63, 3.8) is 0 Å². The highest BCUT2D eigenvalue weighted by molar-refractivity contribution is 14.0. The van der Waals surface area contributed by atoms with Crippen LogP contribution in [0.15, 0.2) is 35.3 Å². The van der Waals surface area contributed by atoms with E-state index in [2.05, 4.69) is 46.0 Å². The lowest BCUT2D eigenvalue weighted by Crippen LogP contribution is -2.41. The molecule has 1 aromatic rings. The van der Waals surface area contributed by atoms with Crippen molar-refractivity contribution in [3.8, 4) is 0 Å². The Balaban J connectivity index is 0.00000312. The van der Waals surface area contributed by atoms with Gasteiger partial charge in [-0.25, -0.2) is 0 Å². The zero-order valence-corrected chi connectivity index (χ0v) is 17.8. The molecule has 6 heteroatoms. The molecule has 0 bridgehead atoms. The second-order valence-electron chi connectivity index (χ2n) is 6.31. The van der Waals surface area contributed by atoms with Gasteiger partial charge in [-0.15, -0.1) is 24.0 Å². The van der Waals surface area contributed by atoms with E-state index in [9.17, 15) is 0 Å². The molecule has 0 heterocycles. The van der Waals surface area contributed by atoms with Crippen LogP contribution in [-0.2, 0) is 14.9 Å².